The van der Waals surface area contributed by atoms with Gasteiger partial charge in [0.15, 0.2) is 0 Å². The second-order valence-electron chi connectivity index (χ2n) is 10.5. The molecule has 190 valence electrons. The zero-order valence-corrected chi connectivity index (χ0v) is 23.6. The molecule has 0 amide bonds. The third kappa shape index (κ3) is 4.63. The SMILES string of the molecule is CC(=Nc1c(C)cc(C)cc1C)c1cccc2c1nnc1c(C(C)=Nc3c(C)cc(C)cc3C)cccc12. The van der Waals surface area contributed by atoms with Crippen molar-refractivity contribution in [2.24, 2.45) is 9.98 Å². The first-order valence-corrected chi connectivity index (χ1v) is 13.1. The van der Waals surface area contributed by atoms with Crippen LogP contribution in [0.15, 0.2) is 70.6 Å². The number of aromatic nitrogens is 2. The van der Waals surface area contributed by atoms with E-state index in [4.69, 9.17) is 20.2 Å². The van der Waals surface area contributed by atoms with Crippen LogP contribution < -0.4 is 0 Å². The van der Waals surface area contributed by atoms with Gasteiger partial charge >= 0.3 is 0 Å². The maximum absolute atomic E-state index is 5.04. The molecule has 0 radical (unpaired) electrons. The fourth-order valence-electron chi connectivity index (χ4n) is 5.57. The van der Waals surface area contributed by atoms with E-state index < -0.39 is 0 Å². The Hall–Kier alpha value is -4.18. The first kappa shape index (κ1) is 25.5. The lowest BCUT2D eigenvalue weighted by atomic mass is 9.99. The van der Waals surface area contributed by atoms with Crippen molar-refractivity contribution < 1.29 is 0 Å². The normalized spacial score (nSPS) is 12.5. The topological polar surface area (TPSA) is 50.5 Å². The molecule has 4 aromatic carbocycles. The van der Waals surface area contributed by atoms with E-state index in [1.54, 1.807) is 0 Å². The van der Waals surface area contributed by atoms with E-state index in [-0.39, 0.29) is 0 Å². The number of nitrogens with zero attached hydrogens (tertiary/aromatic N) is 4. The summed E-state index contributed by atoms with van der Waals surface area (Å²) in [5.74, 6) is 0. The third-order valence-electron chi connectivity index (χ3n) is 7.22. The molecule has 4 nitrogen and oxygen atoms in total. The summed E-state index contributed by atoms with van der Waals surface area (Å²) in [6.45, 7) is 16.8. The van der Waals surface area contributed by atoms with Crippen molar-refractivity contribution in [2.45, 2.75) is 55.4 Å². The number of hydrogen-bond acceptors (Lipinski definition) is 4. The van der Waals surface area contributed by atoms with Crippen LogP contribution in [0.5, 0.6) is 0 Å². The highest BCUT2D eigenvalue weighted by Gasteiger charge is 2.14. The van der Waals surface area contributed by atoms with Gasteiger partial charge in [0, 0.05) is 33.3 Å². The van der Waals surface area contributed by atoms with E-state index in [9.17, 15) is 0 Å². The number of aliphatic imine (C=N–C) groups is 2. The summed E-state index contributed by atoms with van der Waals surface area (Å²) in [7, 11) is 0. The third-order valence-corrected chi connectivity index (χ3v) is 7.22. The van der Waals surface area contributed by atoms with Gasteiger partial charge in [-0.2, -0.15) is 0 Å². The van der Waals surface area contributed by atoms with Crippen molar-refractivity contribution in [1.29, 1.82) is 0 Å². The molecule has 0 unspecified atom stereocenters. The van der Waals surface area contributed by atoms with Crippen molar-refractivity contribution in [1.82, 2.24) is 10.2 Å². The van der Waals surface area contributed by atoms with E-state index in [0.29, 0.717) is 0 Å². The molecule has 0 bridgehead atoms. The Bertz CT molecular complexity index is 1610. The van der Waals surface area contributed by atoms with Crippen LogP contribution in [0.25, 0.3) is 21.8 Å². The number of benzene rings is 4. The van der Waals surface area contributed by atoms with Gasteiger partial charge in [0.05, 0.1) is 11.4 Å². The van der Waals surface area contributed by atoms with Crippen LogP contribution in [0.3, 0.4) is 0 Å². The minimum absolute atomic E-state index is 0.862. The summed E-state index contributed by atoms with van der Waals surface area (Å²) < 4.78 is 0. The molecule has 0 aliphatic carbocycles. The predicted octanol–water partition coefficient (Wildman–Crippen LogP) is 8.91. The molecule has 0 saturated heterocycles. The number of hydrogen-bond donors (Lipinski definition) is 0. The van der Waals surface area contributed by atoms with Gasteiger partial charge in [0.2, 0.25) is 0 Å². The van der Waals surface area contributed by atoms with Gasteiger partial charge in [0.25, 0.3) is 0 Å². The Labute approximate surface area is 225 Å². The zero-order valence-electron chi connectivity index (χ0n) is 23.6. The van der Waals surface area contributed by atoms with Crippen LogP contribution in [-0.2, 0) is 0 Å². The second-order valence-corrected chi connectivity index (χ2v) is 10.5. The van der Waals surface area contributed by atoms with Gasteiger partial charge in [-0.05, 0) is 77.6 Å². The van der Waals surface area contributed by atoms with Crippen molar-refractivity contribution in [3.63, 3.8) is 0 Å². The van der Waals surface area contributed by atoms with Crippen LogP contribution in [0.4, 0.5) is 11.4 Å². The standard InChI is InChI=1S/C34H34N4/c1-19-15-21(3)31(22(4)16-19)35-25(7)27-11-9-13-29-30-14-10-12-28(34(30)38-37-33(27)29)26(8)36-32-23(5)17-20(2)18-24(32)6/h9-18H,1-8H3. The largest absolute Gasteiger partial charge is 0.253 e. The predicted molar refractivity (Wildman–Crippen MR) is 162 cm³/mol. The van der Waals surface area contributed by atoms with Gasteiger partial charge in [0.1, 0.15) is 11.0 Å². The van der Waals surface area contributed by atoms with Crippen molar-refractivity contribution >= 4 is 44.6 Å². The summed E-state index contributed by atoms with van der Waals surface area (Å²) in [6, 6.07) is 21.3. The fraction of sp³-hybridized carbons (Fsp3) is 0.235. The molecule has 0 fully saturated rings. The quantitative estimate of drug-likeness (QED) is 0.183. The molecular weight excluding hydrogens is 464 g/mol. The highest BCUT2D eigenvalue weighted by Crippen LogP contribution is 2.31. The molecule has 0 N–H and O–H groups in total. The summed E-state index contributed by atoms with van der Waals surface area (Å²) >= 11 is 0. The van der Waals surface area contributed by atoms with Crippen LogP contribution in [-0.4, -0.2) is 21.6 Å². The summed E-state index contributed by atoms with van der Waals surface area (Å²) in [6.07, 6.45) is 0. The van der Waals surface area contributed by atoms with Gasteiger partial charge in [-0.1, -0.05) is 71.8 Å². The minimum atomic E-state index is 0.862. The maximum atomic E-state index is 5.04. The Morgan fingerprint density at radius 3 is 1.21 bits per heavy atom. The minimum Gasteiger partial charge on any atom is -0.253 e. The van der Waals surface area contributed by atoms with E-state index in [1.165, 1.54) is 33.4 Å². The van der Waals surface area contributed by atoms with E-state index in [2.05, 4.69) is 116 Å². The Morgan fingerprint density at radius 1 is 0.526 bits per heavy atom. The summed E-state index contributed by atoms with van der Waals surface area (Å²) in [5, 5.41) is 11.6. The van der Waals surface area contributed by atoms with Gasteiger partial charge in [-0.15, -0.1) is 10.2 Å². The maximum Gasteiger partial charge on any atom is 0.103 e. The molecule has 5 rings (SSSR count). The molecule has 38 heavy (non-hydrogen) atoms. The lowest BCUT2D eigenvalue weighted by Crippen LogP contribution is -2.03. The zero-order chi connectivity index (χ0) is 27.1. The van der Waals surface area contributed by atoms with Gasteiger partial charge in [-0.25, -0.2) is 0 Å². The van der Waals surface area contributed by atoms with Crippen LogP contribution in [0, 0.1) is 41.5 Å². The van der Waals surface area contributed by atoms with Gasteiger partial charge in [-0.3, -0.25) is 9.98 Å². The molecular formula is C34H34N4. The van der Waals surface area contributed by atoms with E-state index >= 15 is 0 Å². The Balaban J connectivity index is 1.65. The first-order valence-electron chi connectivity index (χ1n) is 13.1. The molecule has 1 heterocycles. The van der Waals surface area contributed by atoms with Gasteiger partial charge < -0.3 is 0 Å². The molecule has 0 spiro atoms. The van der Waals surface area contributed by atoms with Crippen LogP contribution >= 0.6 is 0 Å². The van der Waals surface area contributed by atoms with E-state index in [0.717, 1.165) is 55.7 Å². The molecule has 4 heteroatoms. The lowest BCUT2D eigenvalue weighted by molar-refractivity contribution is 1.12. The summed E-state index contributed by atoms with van der Waals surface area (Å²) in [5.41, 5.74) is 14.8. The van der Waals surface area contributed by atoms with Crippen molar-refractivity contribution in [3.8, 4) is 0 Å². The highest BCUT2D eigenvalue weighted by atomic mass is 15.1. The van der Waals surface area contributed by atoms with E-state index in [1.807, 2.05) is 0 Å². The smallest absolute Gasteiger partial charge is 0.103 e. The summed E-state index contributed by atoms with van der Waals surface area (Å²) in [4.78, 5) is 10.1. The molecule has 0 atom stereocenters. The molecule has 1 aromatic heterocycles. The number of fused-ring (bicyclic) bond motifs is 3. The second kappa shape index (κ2) is 9.94. The fourth-order valence-corrected chi connectivity index (χ4v) is 5.57. The molecule has 0 aliphatic rings. The Kier molecular flexibility index (Phi) is 6.66. The number of rotatable bonds is 4. The molecule has 0 saturated carbocycles. The Morgan fingerprint density at radius 2 is 0.868 bits per heavy atom. The van der Waals surface area contributed by atoms with Crippen molar-refractivity contribution in [2.75, 3.05) is 0 Å². The molecule has 5 aromatic rings. The van der Waals surface area contributed by atoms with Crippen molar-refractivity contribution in [3.05, 3.63) is 105 Å². The first-order chi connectivity index (χ1) is 18.1. The monoisotopic (exact) mass is 498 g/mol. The molecule has 0 aliphatic heterocycles. The lowest BCUT2D eigenvalue weighted by Gasteiger charge is -2.12. The highest BCUT2D eigenvalue weighted by molar-refractivity contribution is 6.18. The average molecular weight is 499 g/mol. The van der Waals surface area contributed by atoms with Crippen LogP contribution in [0.2, 0.25) is 0 Å². The number of aryl methyl sites for hydroxylation is 6. The van der Waals surface area contributed by atoms with Crippen LogP contribution in [0.1, 0.15) is 58.4 Å². The average Bonchev–Trinajstić information content (AvgIpc) is 2.87.